The minimum absolute atomic E-state index is 0.126. The molecule has 0 unspecified atom stereocenters. The predicted molar refractivity (Wildman–Crippen MR) is 114 cm³/mol. The van der Waals surface area contributed by atoms with Crippen molar-refractivity contribution in [3.05, 3.63) is 69.7 Å². The van der Waals surface area contributed by atoms with E-state index in [4.69, 9.17) is 11.6 Å². The highest BCUT2D eigenvalue weighted by Crippen LogP contribution is 2.19. The average Bonchev–Trinajstić information content (AvgIpc) is 3.04. The summed E-state index contributed by atoms with van der Waals surface area (Å²) in [5, 5.41) is 10.9. The fourth-order valence-electron chi connectivity index (χ4n) is 2.58. The van der Waals surface area contributed by atoms with Gasteiger partial charge < -0.3 is 10.6 Å². The standard InChI is InChI=1S/C20H19ClN4O2S/c1-12-6-7-17(13(2)8-12)24-18(26)10-16-11-28-20(23-16)25-19(27)22-15-5-3-4-14(21)9-15/h3-9,11H,10H2,1-2H3,(H,24,26)(H2,22,23,25,27). The molecule has 0 aliphatic rings. The highest BCUT2D eigenvalue weighted by molar-refractivity contribution is 7.14. The molecule has 1 heterocycles. The maximum absolute atomic E-state index is 12.3. The van der Waals surface area contributed by atoms with Crippen LogP contribution in [0.15, 0.2) is 47.8 Å². The number of carbonyl (C=O) groups is 2. The summed E-state index contributed by atoms with van der Waals surface area (Å²) < 4.78 is 0. The van der Waals surface area contributed by atoms with Crippen LogP contribution in [0.1, 0.15) is 16.8 Å². The van der Waals surface area contributed by atoms with E-state index < -0.39 is 6.03 Å². The number of carbonyl (C=O) groups excluding carboxylic acids is 2. The lowest BCUT2D eigenvalue weighted by Crippen LogP contribution is -2.19. The Bertz CT molecular complexity index is 1020. The number of urea groups is 1. The van der Waals surface area contributed by atoms with Gasteiger partial charge in [-0.3, -0.25) is 10.1 Å². The first-order valence-electron chi connectivity index (χ1n) is 8.54. The Morgan fingerprint density at radius 3 is 2.64 bits per heavy atom. The third-order valence-corrected chi connectivity index (χ3v) is 4.89. The average molecular weight is 415 g/mol. The Morgan fingerprint density at radius 2 is 1.89 bits per heavy atom. The molecule has 8 heteroatoms. The summed E-state index contributed by atoms with van der Waals surface area (Å²) in [6.45, 7) is 3.96. The Morgan fingerprint density at radius 1 is 1.07 bits per heavy atom. The first kappa shape index (κ1) is 19.9. The number of nitrogens with one attached hydrogen (secondary N) is 3. The lowest BCUT2D eigenvalue weighted by Gasteiger charge is -2.08. The summed E-state index contributed by atoms with van der Waals surface area (Å²) in [6.07, 6.45) is 0.126. The SMILES string of the molecule is Cc1ccc(NC(=O)Cc2csc(NC(=O)Nc3cccc(Cl)c3)n2)c(C)c1. The normalized spacial score (nSPS) is 10.4. The van der Waals surface area contributed by atoms with Crippen LogP contribution in [0.2, 0.25) is 5.02 Å². The molecule has 6 nitrogen and oxygen atoms in total. The van der Waals surface area contributed by atoms with Gasteiger partial charge in [0.15, 0.2) is 5.13 Å². The zero-order valence-corrected chi connectivity index (χ0v) is 16.9. The Balaban J connectivity index is 1.54. The van der Waals surface area contributed by atoms with Crippen molar-refractivity contribution in [1.29, 1.82) is 0 Å². The van der Waals surface area contributed by atoms with Gasteiger partial charge in [0, 0.05) is 21.8 Å². The number of nitrogens with zero attached hydrogens (tertiary/aromatic N) is 1. The van der Waals surface area contributed by atoms with Crippen LogP contribution in [0.4, 0.5) is 21.3 Å². The van der Waals surface area contributed by atoms with E-state index in [0.717, 1.165) is 16.8 Å². The minimum atomic E-state index is -0.428. The van der Waals surface area contributed by atoms with Gasteiger partial charge in [0.05, 0.1) is 12.1 Å². The number of anilines is 3. The molecule has 3 N–H and O–H groups in total. The van der Waals surface area contributed by atoms with Crippen molar-refractivity contribution < 1.29 is 9.59 Å². The number of hydrogen-bond donors (Lipinski definition) is 3. The van der Waals surface area contributed by atoms with E-state index >= 15 is 0 Å². The summed E-state index contributed by atoms with van der Waals surface area (Å²) in [4.78, 5) is 28.6. The van der Waals surface area contributed by atoms with Gasteiger partial charge in [0.1, 0.15) is 0 Å². The largest absolute Gasteiger partial charge is 0.326 e. The Kier molecular flexibility index (Phi) is 6.28. The first-order chi connectivity index (χ1) is 13.4. The molecule has 0 fully saturated rings. The van der Waals surface area contributed by atoms with Gasteiger partial charge >= 0.3 is 6.03 Å². The van der Waals surface area contributed by atoms with Crippen LogP contribution in [0, 0.1) is 13.8 Å². The van der Waals surface area contributed by atoms with Gasteiger partial charge in [-0.2, -0.15) is 0 Å². The van der Waals surface area contributed by atoms with Crippen molar-refractivity contribution in [3.63, 3.8) is 0 Å². The van der Waals surface area contributed by atoms with Gasteiger partial charge in [0.25, 0.3) is 0 Å². The Hall–Kier alpha value is -2.90. The fraction of sp³-hybridized carbons (Fsp3) is 0.150. The second-order valence-corrected chi connectivity index (χ2v) is 7.57. The summed E-state index contributed by atoms with van der Waals surface area (Å²) in [6, 6.07) is 12.3. The highest BCUT2D eigenvalue weighted by atomic mass is 35.5. The number of halogens is 1. The number of rotatable bonds is 5. The molecule has 144 valence electrons. The molecular weight excluding hydrogens is 396 g/mol. The maximum atomic E-state index is 12.3. The zero-order chi connectivity index (χ0) is 20.1. The van der Waals surface area contributed by atoms with Crippen LogP contribution in [0.3, 0.4) is 0 Å². The molecule has 0 saturated heterocycles. The Labute approximate surface area is 172 Å². The smallest absolute Gasteiger partial charge is 0.325 e. The van der Waals surface area contributed by atoms with Gasteiger partial charge in [-0.25, -0.2) is 9.78 Å². The maximum Gasteiger partial charge on any atom is 0.325 e. The van der Waals surface area contributed by atoms with Crippen molar-refractivity contribution in [2.24, 2.45) is 0 Å². The van der Waals surface area contributed by atoms with E-state index in [-0.39, 0.29) is 12.3 Å². The minimum Gasteiger partial charge on any atom is -0.326 e. The number of benzene rings is 2. The highest BCUT2D eigenvalue weighted by Gasteiger charge is 2.11. The molecule has 0 aliphatic heterocycles. The summed E-state index contributed by atoms with van der Waals surface area (Å²) in [7, 11) is 0. The van der Waals surface area contributed by atoms with E-state index in [1.165, 1.54) is 11.3 Å². The van der Waals surface area contributed by atoms with E-state index in [2.05, 4.69) is 20.9 Å². The molecule has 0 bridgehead atoms. The molecule has 3 rings (SSSR count). The molecule has 2 aromatic carbocycles. The van der Waals surface area contributed by atoms with Crippen molar-refractivity contribution >= 4 is 51.4 Å². The molecule has 0 aliphatic carbocycles. The van der Waals surface area contributed by atoms with Crippen molar-refractivity contribution in [2.75, 3.05) is 16.0 Å². The summed E-state index contributed by atoms with van der Waals surface area (Å²) in [5.41, 5.74) is 4.10. The van der Waals surface area contributed by atoms with E-state index in [0.29, 0.717) is 21.5 Å². The predicted octanol–water partition coefficient (Wildman–Crippen LogP) is 5.24. The molecule has 0 radical (unpaired) electrons. The van der Waals surface area contributed by atoms with Gasteiger partial charge in [-0.15, -0.1) is 11.3 Å². The third kappa shape index (κ3) is 5.55. The number of thiazole rings is 1. The molecule has 3 aromatic rings. The van der Waals surface area contributed by atoms with Crippen LogP contribution >= 0.6 is 22.9 Å². The van der Waals surface area contributed by atoms with Crippen LogP contribution in [0.25, 0.3) is 0 Å². The van der Waals surface area contributed by atoms with Crippen molar-refractivity contribution in [3.8, 4) is 0 Å². The first-order valence-corrected chi connectivity index (χ1v) is 9.80. The van der Waals surface area contributed by atoms with Gasteiger partial charge in [-0.1, -0.05) is 35.4 Å². The van der Waals surface area contributed by atoms with Crippen LogP contribution < -0.4 is 16.0 Å². The van der Waals surface area contributed by atoms with Crippen LogP contribution in [-0.2, 0) is 11.2 Å². The molecule has 1 aromatic heterocycles. The van der Waals surface area contributed by atoms with Crippen molar-refractivity contribution in [1.82, 2.24) is 4.98 Å². The van der Waals surface area contributed by atoms with Crippen LogP contribution in [0.5, 0.6) is 0 Å². The number of hydrogen-bond acceptors (Lipinski definition) is 4. The third-order valence-electron chi connectivity index (χ3n) is 3.85. The van der Waals surface area contributed by atoms with E-state index in [1.54, 1.807) is 29.6 Å². The second-order valence-electron chi connectivity index (χ2n) is 6.28. The lowest BCUT2D eigenvalue weighted by molar-refractivity contribution is -0.115. The zero-order valence-electron chi connectivity index (χ0n) is 15.4. The van der Waals surface area contributed by atoms with Gasteiger partial charge in [0.2, 0.25) is 5.91 Å². The summed E-state index contributed by atoms with van der Waals surface area (Å²) >= 11 is 7.15. The number of aryl methyl sites for hydroxylation is 2. The topological polar surface area (TPSA) is 83.1 Å². The quantitative estimate of drug-likeness (QED) is 0.534. The van der Waals surface area contributed by atoms with E-state index in [9.17, 15) is 9.59 Å². The molecule has 0 spiro atoms. The molecule has 0 atom stereocenters. The number of amides is 3. The summed E-state index contributed by atoms with van der Waals surface area (Å²) in [5.74, 6) is -0.160. The molecule has 0 saturated carbocycles. The van der Waals surface area contributed by atoms with Crippen LogP contribution in [-0.4, -0.2) is 16.9 Å². The fourth-order valence-corrected chi connectivity index (χ4v) is 3.48. The molecule has 3 amide bonds. The van der Waals surface area contributed by atoms with Gasteiger partial charge in [-0.05, 0) is 43.7 Å². The molecule has 28 heavy (non-hydrogen) atoms. The second kappa shape index (κ2) is 8.86. The lowest BCUT2D eigenvalue weighted by atomic mass is 10.1. The number of aromatic nitrogens is 1. The monoisotopic (exact) mass is 414 g/mol. The molecular formula is C20H19ClN4O2S. The van der Waals surface area contributed by atoms with E-state index in [1.807, 2.05) is 32.0 Å². The van der Waals surface area contributed by atoms with Crippen molar-refractivity contribution in [2.45, 2.75) is 20.3 Å².